The number of imide groups is 1. The van der Waals surface area contributed by atoms with Gasteiger partial charge in [0.05, 0.1) is 11.4 Å². The number of nitrogens with one attached hydrogen (secondary N) is 3. The fourth-order valence-corrected chi connectivity index (χ4v) is 3.55. The van der Waals surface area contributed by atoms with Crippen molar-refractivity contribution in [3.63, 3.8) is 0 Å². The van der Waals surface area contributed by atoms with Gasteiger partial charge in [-0.15, -0.1) is 0 Å². The van der Waals surface area contributed by atoms with E-state index >= 15 is 0 Å². The van der Waals surface area contributed by atoms with Crippen LogP contribution in [0.4, 0.5) is 10.5 Å². The van der Waals surface area contributed by atoms with Crippen molar-refractivity contribution >= 4 is 27.6 Å². The summed E-state index contributed by atoms with van der Waals surface area (Å²) >= 11 is 0. The van der Waals surface area contributed by atoms with E-state index in [0.717, 1.165) is 21.0 Å². The molecule has 0 unspecified atom stereocenters. The largest absolute Gasteiger partial charge is 0.376 e. The van der Waals surface area contributed by atoms with Gasteiger partial charge in [-0.05, 0) is 42.7 Å². The summed E-state index contributed by atoms with van der Waals surface area (Å²) in [5.41, 5.74) is 3.03. The molecule has 0 heterocycles. The van der Waals surface area contributed by atoms with E-state index in [4.69, 9.17) is 0 Å². The average molecular weight is 419 g/mol. The molecule has 0 bridgehead atoms. The van der Waals surface area contributed by atoms with Crippen molar-refractivity contribution in [2.45, 2.75) is 25.3 Å². The Labute approximate surface area is 171 Å². The fraction of sp³-hybridized carbons (Fsp3) is 0.300. The molecule has 29 heavy (non-hydrogen) atoms. The summed E-state index contributed by atoms with van der Waals surface area (Å²) in [4.78, 5) is 24.1. The molecule has 0 saturated heterocycles. The van der Waals surface area contributed by atoms with Crippen LogP contribution in [0.2, 0.25) is 0 Å². The molecular weight excluding hydrogens is 392 g/mol. The van der Waals surface area contributed by atoms with E-state index in [1.54, 1.807) is 13.0 Å². The summed E-state index contributed by atoms with van der Waals surface area (Å²) in [5.74, 6) is -0.534. The van der Waals surface area contributed by atoms with Gasteiger partial charge in [0.15, 0.2) is 0 Å². The molecule has 2 rings (SSSR count). The number of benzene rings is 2. The minimum absolute atomic E-state index is 0.133. The number of amides is 3. The first-order chi connectivity index (χ1) is 13.6. The number of aryl methyl sites for hydroxylation is 1. The molecule has 156 valence electrons. The molecule has 9 heteroatoms. The average Bonchev–Trinajstić information content (AvgIpc) is 2.68. The zero-order valence-corrected chi connectivity index (χ0v) is 17.8. The second kappa shape index (κ2) is 9.53. The highest BCUT2D eigenvalue weighted by atomic mass is 32.2. The van der Waals surface area contributed by atoms with Crippen LogP contribution in [-0.2, 0) is 21.4 Å². The summed E-state index contributed by atoms with van der Waals surface area (Å²) in [6.45, 7) is 3.75. The Bertz CT molecular complexity index is 989. The predicted molar refractivity (Wildman–Crippen MR) is 112 cm³/mol. The number of carbonyl (C=O) groups is 2. The summed E-state index contributed by atoms with van der Waals surface area (Å²) in [6, 6.07) is 11.8. The number of anilines is 1. The molecule has 0 saturated carbocycles. The van der Waals surface area contributed by atoms with E-state index in [1.807, 2.05) is 37.3 Å². The van der Waals surface area contributed by atoms with Gasteiger partial charge >= 0.3 is 6.03 Å². The molecule has 2 aromatic carbocycles. The Hall–Kier alpha value is -2.91. The third kappa shape index (κ3) is 6.03. The molecule has 0 spiro atoms. The number of carbonyl (C=O) groups excluding carboxylic acids is 2. The molecule has 0 aliphatic carbocycles. The number of nitrogens with zero attached hydrogens (tertiary/aromatic N) is 1. The zero-order valence-electron chi connectivity index (χ0n) is 16.9. The molecule has 2 aromatic rings. The van der Waals surface area contributed by atoms with Crippen LogP contribution >= 0.6 is 0 Å². The zero-order chi connectivity index (χ0) is 21.6. The van der Waals surface area contributed by atoms with Gasteiger partial charge in [0.2, 0.25) is 15.9 Å². The lowest BCUT2D eigenvalue weighted by Gasteiger charge is -2.17. The quantitative estimate of drug-likeness (QED) is 0.637. The van der Waals surface area contributed by atoms with Gasteiger partial charge in [-0.2, -0.15) is 0 Å². The SMILES string of the molecule is Cc1cc(S(=O)(=O)N(C)C)cc(NCC(=O)NC(=O)NCc2ccccc2)c1C. The maximum Gasteiger partial charge on any atom is 0.321 e. The Morgan fingerprint density at radius 1 is 1.03 bits per heavy atom. The van der Waals surface area contributed by atoms with E-state index in [9.17, 15) is 18.0 Å². The van der Waals surface area contributed by atoms with E-state index in [2.05, 4.69) is 16.0 Å². The van der Waals surface area contributed by atoms with Gasteiger partial charge in [-0.25, -0.2) is 17.5 Å². The molecule has 0 atom stereocenters. The first-order valence-corrected chi connectivity index (χ1v) is 10.4. The van der Waals surface area contributed by atoms with Crippen molar-refractivity contribution in [1.82, 2.24) is 14.9 Å². The minimum atomic E-state index is -3.60. The Morgan fingerprint density at radius 3 is 2.31 bits per heavy atom. The topological polar surface area (TPSA) is 108 Å². The number of sulfonamides is 1. The van der Waals surface area contributed by atoms with Crippen molar-refractivity contribution in [3.05, 3.63) is 59.2 Å². The Balaban J connectivity index is 1.97. The van der Waals surface area contributed by atoms with Gasteiger partial charge < -0.3 is 10.6 Å². The van der Waals surface area contributed by atoms with E-state index in [1.165, 1.54) is 20.2 Å². The predicted octanol–water partition coefficient (Wildman–Crippen LogP) is 1.99. The van der Waals surface area contributed by atoms with Crippen LogP contribution in [0.25, 0.3) is 0 Å². The van der Waals surface area contributed by atoms with Gasteiger partial charge in [0.1, 0.15) is 0 Å². The first-order valence-electron chi connectivity index (χ1n) is 9.00. The lowest BCUT2D eigenvalue weighted by molar-refractivity contribution is -0.118. The van der Waals surface area contributed by atoms with Gasteiger partial charge in [0, 0.05) is 26.3 Å². The van der Waals surface area contributed by atoms with Crippen molar-refractivity contribution in [3.8, 4) is 0 Å². The fourth-order valence-electron chi connectivity index (χ4n) is 2.54. The lowest BCUT2D eigenvalue weighted by atomic mass is 10.1. The van der Waals surface area contributed by atoms with Gasteiger partial charge in [-0.1, -0.05) is 30.3 Å². The van der Waals surface area contributed by atoms with Crippen LogP contribution in [0.3, 0.4) is 0 Å². The number of hydrogen-bond donors (Lipinski definition) is 3. The Morgan fingerprint density at radius 2 is 1.69 bits per heavy atom. The van der Waals surface area contributed by atoms with Crippen LogP contribution in [-0.4, -0.2) is 45.3 Å². The highest BCUT2D eigenvalue weighted by molar-refractivity contribution is 7.89. The van der Waals surface area contributed by atoms with E-state index in [0.29, 0.717) is 12.2 Å². The molecule has 3 N–H and O–H groups in total. The molecular formula is C20H26N4O4S. The molecule has 0 radical (unpaired) electrons. The third-order valence-electron chi connectivity index (χ3n) is 4.41. The van der Waals surface area contributed by atoms with Gasteiger partial charge in [-0.3, -0.25) is 10.1 Å². The van der Waals surface area contributed by atoms with Crippen molar-refractivity contribution in [1.29, 1.82) is 0 Å². The molecule has 8 nitrogen and oxygen atoms in total. The molecule has 0 aliphatic heterocycles. The third-order valence-corrected chi connectivity index (χ3v) is 6.20. The second-order valence-electron chi connectivity index (χ2n) is 6.77. The number of hydrogen-bond acceptors (Lipinski definition) is 5. The number of rotatable bonds is 7. The maximum absolute atomic E-state index is 12.4. The van der Waals surface area contributed by atoms with Crippen molar-refractivity contribution in [2.75, 3.05) is 26.0 Å². The smallest absolute Gasteiger partial charge is 0.321 e. The molecule has 0 aliphatic rings. The maximum atomic E-state index is 12.4. The lowest BCUT2D eigenvalue weighted by Crippen LogP contribution is -2.41. The minimum Gasteiger partial charge on any atom is -0.376 e. The van der Waals surface area contributed by atoms with Crippen LogP contribution in [0.5, 0.6) is 0 Å². The monoisotopic (exact) mass is 418 g/mol. The first kappa shape index (κ1) is 22.4. The van der Waals surface area contributed by atoms with Crippen LogP contribution < -0.4 is 16.0 Å². The highest BCUT2D eigenvalue weighted by Crippen LogP contribution is 2.25. The second-order valence-corrected chi connectivity index (χ2v) is 8.92. The van der Waals surface area contributed by atoms with E-state index < -0.39 is 22.0 Å². The summed E-state index contributed by atoms with van der Waals surface area (Å²) in [5, 5.41) is 7.76. The number of urea groups is 1. The van der Waals surface area contributed by atoms with Crippen LogP contribution in [0.1, 0.15) is 16.7 Å². The van der Waals surface area contributed by atoms with E-state index in [-0.39, 0.29) is 11.4 Å². The normalized spacial score (nSPS) is 11.2. The van der Waals surface area contributed by atoms with Gasteiger partial charge in [0.25, 0.3) is 0 Å². The van der Waals surface area contributed by atoms with Crippen molar-refractivity contribution in [2.24, 2.45) is 0 Å². The molecule has 0 fully saturated rings. The highest BCUT2D eigenvalue weighted by Gasteiger charge is 2.19. The summed E-state index contributed by atoms with van der Waals surface area (Å²) in [7, 11) is -0.686. The standard InChI is InChI=1S/C20H26N4O4S/c1-14-10-17(29(27,28)24(3)4)11-18(15(14)2)21-13-19(25)23-20(26)22-12-16-8-6-5-7-9-16/h5-11,21H,12-13H2,1-4H3,(H2,22,23,25,26). The molecule has 3 amide bonds. The van der Waals surface area contributed by atoms with Crippen LogP contribution in [0, 0.1) is 13.8 Å². The van der Waals surface area contributed by atoms with Crippen molar-refractivity contribution < 1.29 is 18.0 Å². The van der Waals surface area contributed by atoms with Crippen LogP contribution in [0.15, 0.2) is 47.4 Å². The summed E-state index contributed by atoms with van der Waals surface area (Å²) < 4.78 is 25.9. The molecule has 0 aromatic heterocycles. The summed E-state index contributed by atoms with van der Waals surface area (Å²) in [6.07, 6.45) is 0. The Kier molecular flexibility index (Phi) is 7.35.